The van der Waals surface area contributed by atoms with E-state index in [9.17, 15) is 0 Å². The minimum absolute atomic E-state index is 0.152. The Morgan fingerprint density at radius 2 is 1.81 bits per heavy atom. The van der Waals surface area contributed by atoms with Crippen molar-refractivity contribution in [2.75, 3.05) is 13.7 Å². The van der Waals surface area contributed by atoms with Crippen LogP contribution in [0.3, 0.4) is 0 Å². The molecule has 0 aliphatic carbocycles. The van der Waals surface area contributed by atoms with Gasteiger partial charge < -0.3 is 23.7 Å². The number of benzene rings is 1. The van der Waals surface area contributed by atoms with E-state index in [0.29, 0.717) is 13.2 Å². The summed E-state index contributed by atoms with van der Waals surface area (Å²) < 4.78 is 28.8. The lowest BCUT2D eigenvalue weighted by atomic mass is 10.1. The third-order valence-corrected chi connectivity index (χ3v) is 3.70. The first-order valence-electron chi connectivity index (χ1n) is 7.24. The molecule has 0 saturated carbocycles. The molecule has 2 aliphatic heterocycles. The molecule has 2 saturated heterocycles. The number of fused-ring (bicyclic) bond motifs is 1. The topological polar surface area (TPSA) is 46.2 Å². The first kappa shape index (κ1) is 14.9. The monoisotopic (exact) mass is 294 g/mol. The van der Waals surface area contributed by atoms with Gasteiger partial charge in [0.15, 0.2) is 12.1 Å². The van der Waals surface area contributed by atoms with Crippen LogP contribution in [0.2, 0.25) is 0 Å². The van der Waals surface area contributed by atoms with Crippen LogP contribution >= 0.6 is 0 Å². The third-order valence-electron chi connectivity index (χ3n) is 3.70. The summed E-state index contributed by atoms with van der Waals surface area (Å²) in [5.41, 5.74) is 1.10. The second-order valence-electron chi connectivity index (χ2n) is 5.86. The van der Waals surface area contributed by atoms with Crippen LogP contribution in [-0.2, 0) is 30.3 Å². The molecule has 0 bridgehead atoms. The van der Waals surface area contributed by atoms with Crippen LogP contribution < -0.4 is 0 Å². The standard InChI is InChI=1S/C16H22O5/c1-16(2)20-13-12(10-17-3)19-15(14(13)21-16)18-9-11-7-5-4-6-8-11/h4-8,12-15H,9-10H2,1-3H3/t12-,13-,14-,15-/m1/s1. The lowest BCUT2D eigenvalue weighted by molar-refractivity contribution is -0.240. The van der Waals surface area contributed by atoms with Gasteiger partial charge in [0.1, 0.15) is 18.3 Å². The van der Waals surface area contributed by atoms with Crippen molar-refractivity contribution in [3.05, 3.63) is 35.9 Å². The van der Waals surface area contributed by atoms with Gasteiger partial charge in [-0.3, -0.25) is 0 Å². The van der Waals surface area contributed by atoms with Crippen molar-refractivity contribution in [3.8, 4) is 0 Å². The molecule has 2 heterocycles. The number of methoxy groups -OCH3 is 1. The van der Waals surface area contributed by atoms with E-state index in [1.54, 1.807) is 7.11 Å². The Labute approximate surface area is 125 Å². The summed E-state index contributed by atoms with van der Waals surface area (Å²) in [6.07, 6.45) is -0.968. The molecular formula is C16H22O5. The van der Waals surface area contributed by atoms with Crippen molar-refractivity contribution in [1.82, 2.24) is 0 Å². The fraction of sp³-hybridized carbons (Fsp3) is 0.625. The molecule has 3 rings (SSSR count). The Kier molecular flexibility index (Phi) is 4.28. The van der Waals surface area contributed by atoms with Crippen LogP contribution in [0.15, 0.2) is 30.3 Å². The molecule has 5 heteroatoms. The Morgan fingerprint density at radius 1 is 1.10 bits per heavy atom. The van der Waals surface area contributed by atoms with E-state index >= 15 is 0 Å². The zero-order valence-electron chi connectivity index (χ0n) is 12.7. The highest BCUT2D eigenvalue weighted by Crippen LogP contribution is 2.39. The molecular weight excluding hydrogens is 272 g/mol. The molecule has 0 N–H and O–H groups in total. The number of ether oxygens (including phenoxy) is 5. The maximum atomic E-state index is 5.92. The Bertz CT molecular complexity index is 461. The Balaban J connectivity index is 1.65. The van der Waals surface area contributed by atoms with E-state index in [1.165, 1.54) is 0 Å². The summed E-state index contributed by atoms with van der Waals surface area (Å²) >= 11 is 0. The van der Waals surface area contributed by atoms with Gasteiger partial charge in [0, 0.05) is 7.11 Å². The average Bonchev–Trinajstić information content (AvgIpc) is 2.93. The van der Waals surface area contributed by atoms with Crippen LogP contribution in [0.4, 0.5) is 0 Å². The average molecular weight is 294 g/mol. The molecule has 21 heavy (non-hydrogen) atoms. The Morgan fingerprint density at radius 3 is 2.52 bits per heavy atom. The van der Waals surface area contributed by atoms with Crippen molar-refractivity contribution in [2.24, 2.45) is 0 Å². The molecule has 2 fully saturated rings. The van der Waals surface area contributed by atoms with Crippen LogP contribution in [0.1, 0.15) is 19.4 Å². The highest BCUT2D eigenvalue weighted by molar-refractivity contribution is 5.13. The van der Waals surface area contributed by atoms with E-state index in [1.807, 2.05) is 44.2 Å². The maximum absolute atomic E-state index is 5.92. The zero-order valence-corrected chi connectivity index (χ0v) is 12.7. The molecule has 0 amide bonds. The fourth-order valence-corrected chi connectivity index (χ4v) is 2.83. The summed E-state index contributed by atoms with van der Waals surface area (Å²) in [6.45, 7) is 4.76. The lowest BCUT2D eigenvalue weighted by Gasteiger charge is -2.24. The smallest absolute Gasteiger partial charge is 0.187 e. The van der Waals surface area contributed by atoms with Gasteiger partial charge >= 0.3 is 0 Å². The van der Waals surface area contributed by atoms with Gasteiger partial charge in [-0.05, 0) is 19.4 Å². The van der Waals surface area contributed by atoms with Gasteiger partial charge in [0.25, 0.3) is 0 Å². The summed E-state index contributed by atoms with van der Waals surface area (Å²) in [6, 6.07) is 10.0. The largest absolute Gasteiger partial charge is 0.382 e. The number of hydrogen-bond acceptors (Lipinski definition) is 5. The summed E-state index contributed by atoms with van der Waals surface area (Å²) in [4.78, 5) is 0. The van der Waals surface area contributed by atoms with Crippen LogP contribution in [0, 0.1) is 0 Å². The molecule has 1 aromatic rings. The highest BCUT2D eigenvalue weighted by Gasteiger charge is 2.55. The lowest BCUT2D eigenvalue weighted by Crippen LogP contribution is -2.32. The first-order chi connectivity index (χ1) is 10.1. The van der Waals surface area contributed by atoms with Crippen LogP contribution in [0.5, 0.6) is 0 Å². The predicted octanol–water partition coefficient (Wildman–Crippen LogP) is 2.09. The molecule has 4 atom stereocenters. The SMILES string of the molecule is COC[C@H]1O[C@@H](OCc2ccccc2)[C@@H]2OC(C)(C)O[C@@H]21. The molecule has 5 nitrogen and oxygen atoms in total. The summed E-state index contributed by atoms with van der Waals surface area (Å²) in [5.74, 6) is -0.612. The van der Waals surface area contributed by atoms with E-state index in [2.05, 4.69) is 0 Å². The van der Waals surface area contributed by atoms with Gasteiger partial charge in [0.05, 0.1) is 13.2 Å². The molecule has 0 unspecified atom stereocenters. The normalized spacial score (nSPS) is 34.0. The first-order valence-corrected chi connectivity index (χ1v) is 7.24. The van der Waals surface area contributed by atoms with E-state index in [0.717, 1.165) is 5.56 Å². The van der Waals surface area contributed by atoms with E-state index in [-0.39, 0.29) is 18.3 Å². The van der Waals surface area contributed by atoms with E-state index in [4.69, 9.17) is 23.7 Å². The fourth-order valence-electron chi connectivity index (χ4n) is 2.83. The number of rotatable bonds is 5. The Hall–Kier alpha value is -0.980. The zero-order chi connectivity index (χ0) is 14.9. The van der Waals surface area contributed by atoms with Crippen molar-refractivity contribution in [1.29, 1.82) is 0 Å². The van der Waals surface area contributed by atoms with Gasteiger partial charge in [0.2, 0.25) is 0 Å². The van der Waals surface area contributed by atoms with Crippen LogP contribution in [0.25, 0.3) is 0 Å². The summed E-state index contributed by atoms with van der Waals surface area (Å²) in [7, 11) is 1.65. The second-order valence-corrected chi connectivity index (χ2v) is 5.86. The molecule has 0 spiro atoms. The minimum Gasteiger partial charge on any atom is -0.382 e. The van der Waals surface area contributed by atoms with Crippen LogP contribution in [-0.4, -0.2) is 44.1 Å². The summed E-state index contributed by atoms with van der Waals surface area (Å²) in [5, 5.41) is 0. The molecule has 0 radical (unpaired) electrons. The third kappa shape index (κ3) is 3.27. The molecule has 0 aromatic heterocycles. The van der Waals surface area contributed by atoms with Crippen molar-refractivity contribution < 1.29 is 23.7 Å². The molecule has 1 aromatic carbocycles. The van der Waals surface area contributed by atoms with Gasteiger partial charge in [-0.25, -0.2) is 0 Å². The second kappa shape index (κ2) is 6.02. The molecule has 116 valence electrons. The molecule has 2 aliphatic rings. The van der Waals surface area contributed by atoms with E-state index < -0.39 is 12.1 Å². The maximum Gasteiger partial charge on any atom is 0.187 e. The number of hydrogen-bond donors (Lipinski definition) is 0. The predicted molar refractivity (Wildman–Crippen MR) is 75.6 cm³/mol. The van der Waals surface area contributed by atoms with Gasteiger partial charge in [-0.2, -0.15) is 0 Å². The van der Waals surface area contributed by atoms with Crippen molar-refractivity contribution in [3.63, 3.8) is 0 Å². The minimum atomic E-state index is -0.612. The van der Waals surface area contributed by atoms with Gasteiger partial charge in [-0.15, -0.1) is 0 Å². The quantitative estimate of drug-likeness (QED) is 0.832. The van der Waals surface area contributed by atoms with Gasteiger partial charge in [-0.1, -0.05) is 30.3 Å². The van der Waals surface area contributed by atoms with Crippen molar-refractivity contribution >= 4 is 0 Å². The highest BCUT2D eigenvalue weighted by atomic mass is 16.8. The van der Waals surface area contributed by atoms with Crippen molar-refractivity contribution in [2.45, 2.75) is 50.8 Å².